The minimum atomic E-state index is -0.153. The fourth-order valence-electron chi connectivity index (χ4n) is 4.07. The predicted octanol–water partition coefficient (Wildman–Crippen LogP) is 3.85. The number of anilines is 1. The second kappa shape index (κ2) is 7.60. The number of benzene rings is 3. The van der Waals surface area contributed by atoms with Crippen molar-refractivity contribution >= 4 is 16.7 Å². The number of imidazole rings is 1. The van der Waals surface area contributed by atoms with E-state index in [1.54, 1.807) is 0 Å². The lowest BCUT2D eigenvalue weighted by Crippen LogP contribution is -2.45. The number of H-pyrrole nitrogens is 2. The Labute approximate surface area is 169 Å². The van der Waals surface area contributed by atoms with E-state index in [0.29, 0.717) is 0 Å². The van der Waals surface area contributed by atoms with Crippen LogP contribution in [0.25, 0.3) is 22.2 Å². The molecule has 3 aromatic carbocycles. The molecular formula is C24H24N4O. The fourth-order valence-corrected chi connectivity index (χ4v) is 4.07. The number of piperazine rings is 1. The topological polar surface area (TPSA) is 55.1 Å². The molecule has 5 heteroatoms. The summed E-state index contributed by atoms with van der Waals surface area (Å²) in [6.07, 6.45) is 0. The van der Waals surface area contributed by atoms with Crippen LogP contribution in [0, 0.1) is 0 Å². The molecule has 0 spiro atoms. The predicted molar refractivity (Wildman–Crippen MR) is 118 cm³/mol. The summed E-state index contributed by atoms with van der Waals surface area (Å²) in [5, 5.41) is 0. The van der Waals surface area contributed by atoms with Gasteiger partial charge in [0.2, 0.25) is 0 Å². The molecule has 4 aromatic rings. The van der Waals surface area contributed by atoms with Gasteiger partial charge in [-0.05, 0) is 34.9 Å². The second-order valence-corrected chi connectivity index (χ2v) is 7.64. The highest BCUT2D eigenvalue weighted by atomic mass is 16.1. The Morgan fingerprint density at radius 1 is 0.724 bits per heavy atom. The van der Waals surface area contributed by atoms with E-state index in [1.165, 1.54) is 22.4 Å². The number of hydrogen-bond acceptors (Lipinski definition) is 3. The van der Waals surface area contributed by atoms with Crippen molar-refractivity contribution in [3.63, 3.8) is 0 Å². The van der Waals surface area contributed by atoms with E-state index < -0.39 is 0 Å². The number of hydrogen-bond donors (Lipinski definition) is 2. The van der Waals surface area contributed by atoms with E-state index in [-0.39, 0.29) is 5.69 Å². The van der Waals surface area contributed by atoms with Gasteiger partial charge in [-0.1, -0.05) is 54.6 Å². The monoisotopic (exact) mass is 384 g/mol. The van der Waals surface area contributed by atoms with Crippen LogP contribution in [0.4, 0.5) is 5.69 Å². The molecule has 2 N–H and O–H groups in total. The summed E-state index contributed by atoms with van der Waals surface area (Å²) in [6.45, 7) is 5.02. The minimum absolute atomic E-state index is 0.153. The molecule has 1 fully saturated rings. The second-order valence-electron chi connectivity index (χ2n) is 7.64. The number of fused-ring (bicyclic) bond motifs is 1. The Balaban J connectivity index is 1.21. The quantitative estimate of drug-likeness (QED) is 0.562. The van der Waals surface area contributed by atoms with E-state index in [4.69, 9.17) is 0 Å². The molecule has 0 bridgehead atoms. The first-order valence-electron chi connectivity index (χ1n) is 10.1. The van der Waals surface area contributed by atoms with Crippen LogP contribution >= 0.6 is 0 Å². The zero-order valence-corrected chi connectivity index (χ0v) is 16.3. The van der Waals surface area contributed by atoms with Crippen LogP contribution < -0.4 is 10.6 Å². The van der Waals surface area contributed by atoms with Gasteiger partial charge in [-0.2, -0.15) is 0 Å². The summed E-state index contributed by atoms with van der Waals surface area (Å²) in [5.74, 6) is 0. The lowest BCUT2D eigenvalue weighted by atomic mass is 10.0. The van der Waals surface area contributed by atoms with Gasteiger partial charge in [0.25, 0.3) is 0 Å². The lowest BCUT2D eigenvalue weighted by molar-refractivity contribution is 0.250. The summed E-state index contributed by atoms with van der Waals surface area (Å²) in [5.41, 5.74) is 6.61. The van der Waals surface area contributed by atoms with Crippen molar-refractivity contribution in [3.8, 4) is 11.1 Å². The molecule has 29 heavy (non-hydrogen) atoms. The molecule has 0 amide bonds. The number of nitrogens with zero attached hydrogens (tertiary/aromatic N) is 2. The molecule has 0 saturated carbocycles. The van der Waals surface area contributed by atoms with Crippen molar-refractivity contribution in [2.75, 3.05) is 31.1 Å². The van der Waals surface area contributed by atoms with Crippen LogP contribution in [0.5, 0.6) is 0 Å². The maximum atomic E-state index is 11.5. The van der Waals surface area contributed by atoms with Crippen LogP contribution in [-0.4, -0.2) is 41.0 Å². The molecule has 1 aromatic heterocycles. The summed E-state index contributed by atoms with van der Waals surface area (Å²) >= 11 is 0. The molecule has 0 aliphatic carbocycles. The highest BCUT2D eigenvalue weighted by molar-refractivity contribution is 5.79. The van der Waals surface area contributed by atoms with E-state index in [2.05, 4.69) is 80.4 Å². The number of aromatic amines is 2. The summed E-state index contributed by atoms with van der Waals surface area (Å²) in [6, 6.07) is 25.5. The first-order chi connectivity index (χ1) is 14.2. The van der Waals surface area contributed by atoms with Gasteiger partial charge >= 0.3 is 5.69 Å². The van der Waals surface area contributed by atoms with E-state index in [9.17, 15) is 4.79 Å². The Bertz CT molecular complexity index is 1150. The largest absolute Gasteiger partial charge is 0.369 e. The van der Waals surface area contributed by atoms with Gasteiger partial charge in [0.1, 0.15) is 0 Å². The average Bonchev–Trinajstić information content (AvgIpc) is 3.15. The molecule has 0 radical (unpaired) electrons. The van der Waals surface area contributed by atoms with Crippen molar-refractivity contribution < 1.29 is 0 Å². The summed E-state index contributed by atoms with van der Waals surface area (Å²) in [7, 11) is 0. The highest BCUT2D eigenvalue weighted by Gasteiger charge is 2.18. The third-order valence-electron chi connectivity index (χ3n) is 5.70. The third kappa shape index (κ3) is 3.82. The molecule has 5 nitrogen and oxygen atoms in total. The van der Waals surface area contributed by atoms with Crippen molar-refractivity contribution in [2.45, 2.75) is 6.54 Å². The molecule has 0 unspecified atom stereocenters. The zero-order valence-electron chi connectivity index (χ0n) is 16.3. The van der Waals surface area contributed by atoms with Gasteiger partial charge in [-0.3, -0.25) is 4.90 Å². The van der Waals surface area contributed by atoms with Crippen LogP contribution in [0.15, 0.2) is 77.6 Å². The molecule has 2 heterocycles. The molecule has 5 rings (SSSR count). The number of nitrogens with one attached hydrogen (secondary N) is 2. The van der Waals surface area contributed by atoms with Crippen molar-refractivity contribution in [1.82, 2.24) is 14.9 Å². The smallest absolute Gasteiger partial charge is 0.323 e. The van der Waals surface area contributed by atoms with Gasteiger partial charge in [-0.25, -0.2) is 4.79 Å². The van der Waals surface area contributed by atoms with Gasteiger partial charge in [0.05, 0.1) is 11.0 Å². The lowest BCUT2D eigenvalue weighted by Gasteiger charge is -2.36. The van der Waals surface area contributed by atoms with E-state index in [0.717, 1.165) is 43.8 Å². The Hall–Kier alpha value is -3.31. The maximum absolute atomic E-state index is 11.5. The molecule has 0 atom stereocenters. The van der Waals surface area contributed by atoms with Crippen LogP contribution in [0.3, 0.4) is 0 Å². The van der Waals surface area contributed by atoms with Gasteiger partial charge in [0.15, 0.2) is 0 Å². The molecule has 1 aliphatic rings. The maximum Gasteiger partial charge on any atom is 0.323 e. The highest BCUT2D eigenvalue weighted by Crippen LogP contribution is 2.22. The minimum Gasteiger partial charge on any atom is -0.369 e. The van der Waals surface area contributed by atoms with Crippen molar-refractivity contribution in [3.05, 3.63) is 88.8 Å². The number of aromatic nitrogens is 2. The zero-order chi connectivity index (χ0) is 19.6. The molecular weight excluding hydrogens is 360 g/mol. The van der Waals surface area contributed by atoms with Crippen LogP contribution in [0.2, 0.25) is 0 Å². The molecule has 146 valence electrons. The van der Waals surface area contributed by atoms with Crippen molar-refractivity contribution in [1.29, 1.82) is 0 Å². The average molecular weight is 384 g/mol. The van der Waals surface area contributed by atoms with E-state index in [1.807, 2.05) is 12.1 Å². The third-order valence-corrected chi connectivity index (χ3v) is 5.70. The summed E-state index contributed by atoms with van der Waals surface area (Å²) < 4.78 is 0. The van der Waals surface area contributed by atoms with E-state index >= 15 is 0 Å². The van der Waals surface area contributed by atoms with Gasteiger partial charge in [-0.15, -0.1) is 0 Å². The molecule has 1 aliphatic heterocycles. The normalized spacial score (nSPS) is 15.1. The van der Waals surface area contributed by atoms with Crippen LogP contribution in [-0.2, 0) is 6.54 Å². The standard InChI is InChI=1S/C24H24N4O/c29-24-25-22-11-10-21(16-23(22)26-24)28-14-12-27(13-15-28)17-18-6-8-20(9-7-18)19-4-2-1-3-5-19/h1-11,16H,12-15,17H2,(H2,25,26,29). The number of rotatable bonds is 4. The van der Waals surface area contributed by atoms with Crippen LogP contribution in [0.1, 0.15) is 5.56 Å². The Morgan fingerprint density at radius 3 is 2.17 bits per heavy atom. The van der Waals surface area contributed by atoms with Gasteiger partial charge in [0, 0.05) is 38.4 Å². The first kappa shape index (κ1) is 17.8. The summed E-state index contributed by atoms with van der Waals surface area (Å²) in [4.78, 5) is 22.0. The SMILES string of the molecule is O=c1[nH]c2ccc(N3CCN(Cc4ccc(-c5ccccc5)cc4)CC3)cc2[nH]1. The molecule has 1 saturated heterocycles. The van der Waals surface area contributed by atoms with Gasteiger partial charge < -0.3 is 14.9 Å². The van der Waals surface area contributed by atoms with Crippen molar-refractivity contribution in [2.24, 2.45) is 0 Å². The first-order valence-corrected chi connectivity index (χ1v) is 10.1. The fraction of sp³-hybridized carbons (Fsp3) is 0.208. The Morgan fingerprint density at radius 2 is 1.41 bits per heavy atom. The Kier molecular flexibility index (Phi) is 4.66.